The van der Waals surface area contributed by atoms with Crippen LogP contribution in [0, 0.1) is 0 Å². The Morgan fingerprint density at radius 2 is 2.00 bits per heavy atom. The molecule has 1 aliphatic rings. The number of benzene rings is 1. The third-order valence-corrected chi connectivity index (χ3v) is 4.68. The van der Waals surface area contributed by atoms with Crippen LogP contribution >= 0.6 is 15.9 Å². The highest BCUT2D eigenvalue weighted by Gasteiger charge is 2.16. The first-order chi connectivity index (χ1) is 12.6. The van der Waals surface area contributed by atoms with Gasteiger partial charge >= 0.3 is 0 Å². The number of aliphatic hydroxyl groups excluding tert-OH is 1. The zero-order chi connectivity index (χ0) is 18.4. The number of hydrogen-bond acceptors (Lipinski definition) is 7. The zero-order valence-electron chi connectivity index (χ0n) is 14.7. The fourth-order valence-electron chi connectivity index (χ4n) is 2.81. The van der Waals surface area contributed by atoms with Gasteiger partial charge in [-0.1, -0.05) is 0 Å². The molecule has 0 spiro atoms. The molecule has 2 aromatic rings. The van der Waals surface area contributed by atoms with Gasteiger partial charge in [0.1, 0.15) is 18.1 Å². The Bertz CT molecular complexity index is 706. The number of aliphatic hydroxyl groups is 1. The predicted octanol–water partition coefficient (Wildman–Crippen LogP) is 2.83. The van der Waals surface area contributed by atoms with Crippen molar-refractivity contribution >= 4 is 27.6 Å². The molecule has 2 heterocycles. The number of aromatic nitrogens is 2. The number of nitrogens with one attached hydrogen (secondary N) is 1. The molecular formula is C18H23BrN4O3. The highest BCUT2D eigenvalue weighted by Crippen LogP contribution is 2.30. The van der Waals surface area contributed by atoms with Crippen LogP contribution in [0.25, 0.3) is 0 Å². The molecule has 1 saturated heterocycles. The summed E-state index contributed by atoms with van der Waals surface area (Å²) in [4.78, 5) is 10.7. The number of hydrogen-bond donors (Lipinski definition) is 2. The van der Waals surface area contributed by atoms with Crippen molar-refractivity contribution in [3.05, 3.63) is 35.1 Å². The molecule has 0 bridgehead atoms. The molecule has 0 radical (unpaired) electrons. The SMILES string of the molecule is COc1ccc(OCCN2CCC(O)CC2)cc1Nc1ncc(Br)cn1. The van der Waals surface area contributed by atoms with Crippen LogP contribution in [0.1, 0.15) is 12.8 Å². The van der Waals surface area contributed by atoms with Crippen LogP contribution in [0.3, 0.4) is 0 Å². The normalized spacial score (nSPS) is 15.7. The second-order valence-corrected chi connectivity index (χ2v) is 7.05. The van der Waals surface area contributed by atoms with E-state index >= 15 is 0 Å². The molecule has 7 nitrogen and oxygen atoms in total. The van der Waals surface area contributed by atoms with Crippen LogP contribution in [0.4, 0.5) is 11.6 Å². The summed E-state index contributed by atoms with van der Waals surface area (Å²) < 4.78 is 12.1. The van der Waals surface area contributed by atoms with Crippen molar-refractivity contribution in [1.29, 1.82) is 0 Å². The van der Waals surface area contributed by atoms with Gasteiger partial charge in [0.2, 0.25) is 5.95 Å². The van der Waals surface area contributed by atoms with E-state index in [4.69, 9.17) is 9.47 Å². The maximum atomic E-state index is 9.56. The molecule has 3 rings (SSSR count). The van der Waals surface area contributed by atoms with Crippen molar-refractivity contribution in [1.82, 2.24) is 14.9 Å². The van der Waals surface area contributed by atoms with Gasteiger partial charge in [-0.05, 0) is 40.9 Å². The van der Waals surface area contributed by atoms with Gasteiger partial charge in [0.15, 0.2) is 0 Å². The first-order valence-corrected chi connectivity index (χ1v) is 9.39. The maximum Gasteiger partial charge on any atom is 0.227 e. The third kappa shape index (κ3) is 5.30. The first-order valence-electron chi connectivity index (χ1n) is 8.60. The smallest absolute Gasteiger partial charge is 0.227 e. The van der Waals surface area contributed by atoms with Crippen molar-refractivity contribution in [2.24, 2.45) is 0 Å². The summed E-state index contributed by atoms with van der Waals surface area (Å²) >= 11 is 3.32. The molecule has 1 aliphatic heterocycles. The Labute approximate surface area is 161 Å². The highest BCUT2D eigenvalue weighted by atomic mass is 79.9. The summed E-state index contributed by atoms with van der Waals surface area (Å²) in [6, 6.07) is 5.62. The molecule has 0 unspecified atom stereocenters. The van der Waals surface area contributed by atoms with E-state index in [1.807, 2.05) is 18.2 Å². The predicted molar refractivity (Wildman–Crippen MR) is 103 cm³/mol. The Balaban J connectivity index is 1.58. The van der Waals surface area contributed by atoms with E-state index in [2.05, 4.69) is 36.1 Å². The second kappa shape index (κ2) is 9.16. The van der Waals surface area contributed by atoms with Crippen LogP contribution in [0.15, 0.2) is 35.1 Å². The molecule has 140 valence electrons. The van der Waals surface area contributed by atoms with Gasteiger partial charge in [0.05, 0.1) is 23.4 Å². The summed E-state index contributed by atoms with van der Waals surface area (Å²) in [5.41, 5.74) is 0.744. The fraction of sp³-hybridized carbons (Fsp3) is 0.444. The highest BCUT2D eigenvalue weighted by molar-refractivity contribution is 9.10. The standard InChI is InChI=1S/C18H23BrN4O3/c1-25-17-3-2-15(26-9-8-23-6-4-14(24)5-7-23)10-16(17)22-18-20-11-13(19)12-21-18/h2-3,10-12,14,24H,4-9H2,1H3,(H,20,21,22). The lowest BCUT2D eigenvalue weighted by Crippen LogP contribution is -2.38. The molecule has 8 heteroatoms. The number of anilines is 2. The van der Waals surface area contributed by atoms with Crippen molar-refractivity contribution in [3.8, 4) is 11.5 Å². The van der Waals surface area contributed by atoms with Crippen molar-refractivity contribution in [3.63, 3.8) is 0 Å². The Kier molecular flexibility index (Phi) is 6.65. The molecule has 1 aromatic carbocycles. The zero-order valence-corrected chi connectivity index (χ0v) is 16.3. The number of halogens is 1. The van der Waals surface area contributed by atoms with Gasteiger partial charge < -0.3 is 19.9 Å². The molecule has 0 amide bonds. The molecule has 0 saturated carbocycles. The monoisotopic (exact) mass is 422 g/mol. The van der Waals surface area contributed by atoms with Gasteiger partial charge in [-0.25, -0.2) is 9.97 Å². The lowest BCUT2D eigenvalue weighted by molar-refractivity contribution is 0.0755. The Hall–Kier alpha value is -1.90. The number of piperidine rings is 1. The van der Waals surface area contributed by atoms with E-state index in [1.54, 1.807) is 19.5 Å². The third-order valence-electron chi connectivity index (χ3n) is 4.27. The Morgan fingerprint density at radius 3 is 2.69 bits per heavy atom. The minimum Gasteiger partial charge on any atom is -0.495 e. The molecule has 26 heavy (non-hydrogen) atoms. The number of ether oxygens (including phenoxy) is 2. The van der Waals surface area contributed by atoms with E-state index in [1.165, 1.54) is 0 Å². The van der Waals surface area contributed by atoms with Gasteiger partial charge in [0, 0.05) is 38.1 Å². The minimum atomic E-state index is -0.150. The minimum absolute atomic E-state index is 0.150. The fourth-order valence-corrected chi connectivity index (χ4v) is 3.01. The van der Waals surface area contributed by atoms with Gasteiger partial charge in [-0.15, -0.1) is 0 Å². The van der Waals surface area contributed by atoms with Crippen LogP contribution < -0.4 is 14.8 Å². The quantitative estimate of drug-likeness (QED) is 0.709. The molecule has 1 fully saturated rings. The summed E-state index contributed by atoms with van der Waals surface area (Å²) in [5, 5.41) is 12.7. The molecule has 0 aliphatic carbocycles. The second-order valence-electron chi connectivity index (χ2n) is 6.13. The van der Waals surface area contributed by atoms with Crippen LogP contribution in [0.5, 0.6) is 11.5 Å². The molecular weight excluding hydrogens is 400 g/mol. The van der Waals surface area contributed by atoms with Crippen LogP contribution in [-0.4, -0.2) is 59.4 Å². The summed E-state index contributed by atoms with van der Waals surface area (Å²) in [6.45, 7) is 3.27. The maximum absolute atomic E-state index is 9.56. The van der Waals surface area contributed by atoms with Crippen LogP contribution in [0.2, 0.25) is 0 Å². The Morgan fingerprint density at radius 1 is 1.27 bits per heavy atom. The number of rotatable bonds is 7. The van der Waals surface area contributed by atoms with E-state index in [-0.39, 0.29) is 6.10 Å². The summed E-state index contributed by atoms with van der Waals surface area (Å²) in [7, 11) is 1.62. The van der Waals surface area contributed by atoms with E-state index in [0.717, 1.165) is 48.4 Å². The average Bonchev–Trinajstić information content (AvgIpc) is 2.65. The largest absolute Gasteiger partial charge is 0.495 e. The number of nitrogens with zero attached hydrogens (tertiary/aromatic N) is 3. The lowest BCUT2D eigenvalue weighted by atomic mass is 10.1. The van der Waals surface area contributed by atoms with Crippen molar-refractivity contribution in [2.45, 2.75) is 18.9 Å². The van der Waals surface area contributed by atoms with Crippen molar-refractivity contribution in [2.75, 3.05) is 38.7 Å². The van der Waals surface area contributed by atoms with Gasteiger partial charge in [0.25, 0.3) is 0 Å². The average molecular weight is 423 g/mol. The number of likely N-dealkylation sites (tertiary alicyclic amines) is 1. The lowest BCUT2D eigenvalue weighted by Gasteiger charge is -2.29. The first kappa shape index (κ1) is 18.9. The number of methoxy groups -OCH3 is 1. The van der Waals surface area contributed by atoms with E-state index < -0.39 is 0 Å². The van der Waals surface area contributed by atoms with E-state index in [0.29, 0.717) is 18.3 Å². The summed E-state index contributed by atoms with van der Waals surface area (Å²) in [5.74, 6) is 1.92. The molecule has 2 N–H and O–H groups in total. The van der Waals surface area contributed by atoms with Gasteiger partial charge in [-0.2, -0.15) is 0 Å². The van der Waals surface area contributed by atoms with Gasteiger partial charge in [-0.3, -0.25) is 4.90 Å². The molecule has 0 atom stereocenters. The van der Waals surface area contributed by atoms with Crippen LogP contribution in [-0.2, 0) is 0 Å². The van der Waals surface area contributed by atoms with Crippen molar-refractivity contribution < 1.29 is 14.6 Å². The topological polar surface area (TPSA) is 79.7 Å². The van der Waals surface area contributed by atoms with E-state index in [9.17, 15) is 5.11 Å². The molecule has 1 aromatic heterocycles. The summed E-state index contributed by atoms with van der Waals surface area (Å²) in [6.07, 6.45) is 4.88.